The summed E-state index contributed by atoms with van der Waals surface area (Å²) in [5.41, 5.74) is 0. The van der Waals surface area contributed by atoms with Gasteiger partial charge in [-0.2, -0.15) is 0 Å². The first-order valence-electron chi connectivity index (χ1n) is 32.4. The summed E-state index contributed by atoms with van der Waals surface area (Å²) < 4.78 is 34.5. The zero-order chi connectivity index (χ0) is 56.5. The molecular formula is C64H120O14. The number of carbonyl (C=O) groups excluding carboxylic acids is 1. The van der Waals surface area contributed by atoms with E-state index < -0.39 is 80.7 Å². The molecule has 14 nitrogen and oxygen atoms in total. The van der Waals surface area contributed by atoms with E-state index in [1.54, 1.807) is 0 Å². The van der Waals surface area contributed by atoms with Crippen LogP contribution in [0, 0.1) is 0 Å². The number of aliphatic hydroxyl groups excluding tert-OH is 7. The van der Waals surface area contributed by atoms with Crippen molar-refractivity contribution in [3.05, 3.63) is 24.3 Å². The molecule has 2 fully saturated rings. The lowest BCUT2D eigenvalue weighted by molar-refractivity contribution is -0.332. The summed E-state index contributed by atoms with van der Waals surface area (Å²) in [5.74, 6) is -0.371. The highest BCUT2D eigenvalue weighted by Crippen LogP contribution is 2.27. The molecule has 2 saturated heterocycles. The third-order valence-electron chi connectivity index (χ3n) is 15.7. The first-order chi connectivity index (χ1) is 38.1. The Bertz CT molecular complexity index is 1380. The number of carbonyl (C=O) groups is 1. The quantitative estimate of drug-likeness (QED) is 0.0172. The Morgan fingerprint density at radius 3 is 1.24 bits per heavy atom. The summed E-state index contributed by atoms with van der Waals surface area (Å²) in [4.78, 5) is 13.1. The highest BCUT2D eigenvalue weighted by molar-refractivity contribution is 5.69. The van der Waals surface area contributed by atoms with Gasteiger partial charge in [-0.1, -0.05) is 250 Å². The van der Waals surface area contributed by atoms with Crippen molar-refractivity contribution >= 4 is 5.97 Å². The van der Waals surface area contributed by atoms with Crippen LogP contribution in [0.3, 0.4) is 0 Å². The fraction of sp³-hybridized carbons (Fsp3) is 0.922. The molecule has 2 aliphatic heterocycles. The largest absolute Gasteiger partial charge is 0.457 e. The summed E-state index contributed by atoms with van der Waals surface area (Å²) in [7, 11) is 0. The van der Waals surface area contributed by atoms with Gasteiger partial charge < -0.3 is 64.2 Å². The fourth-order valence-electron chi connectivity index (χ4n) is 10.5. The van der Waals surface area contributed by atoms with Crippen LogP contribution < -0.4 is 0 Å². The number of aliphatic hydroxyl groups is 7. The zero-order valence-corrected chi connectivity index (χ0v) is 49.7. The summed E-state index contributed by atoms with van der Waals surface area (Å²) in [5, 5.41) is 72.5. The number of hydrogen-bond donors (Lipinski definition) is 7. The average molecular weight is 1110 g/mol. The number of unbranched alkanes of at least 4 members (excludes halogenated alkanes) is 36. The molecule has 11 unspecified atom stereocenters. The van der Waals surface area contributed by atoms with Crippen molar-refractivity contribution in [2.45, 2.75) is 345 Å². The molecule has 78 heavy (non-hydrogen) atoms. The van der Waals surface area contributed by atoms with Crippen LogP contribution in [0.15, 0.2) is 24.3 Å². The third-order valence-corrected chi connectivity index (χ3v) is 15.7. The molecule has 0 bridgehead atoms. The van der Waals surface area contributed by atoms with Crippen molar-refractivity contribution in [1.82, 2.24) is 0 Å². The van der Waals surface area contributed by atoms with Gasteiger partial charge in [0, 0.05) is 13.0 Å². The molecule has 7 N–H and O–H groups in total. The standard InChI is InChI=1S/C64H120O14/c1-3-5-7-9-11-13-15-17-19-21-23-24-25-26-27-28-29-31-33-35-37-39-41-43-45-47-56(66)76-53(50-73-48-46-44-42-40-38-36-34-32-30-22-20-18-16-14-12-10-8-6-4-2)51-74-63-62(72)60(70)58(68)55(78-63)52-75-64-61(71)59(69)57(67)54(49-65)77-64/h14,16,20,22,53-55,57-65,67-72H,3-13,15,17-19,21,23-52H2,1-2H3/b16-14-,22-20-. The van der Waals surface area contributed by atoms with Crippen molar-refractivity contribution in [1.29, 1.82) is 0 Å². The van der Waals surface area contributed by atoms with Crippen LogP contribution >= 0.6 is 0 Å². The van der Waals surface area contributed by atoms with E-state index in [-0.39, 0.29) is 25.6 Å². The molecule has 0 aliphatic carbocycles. The predicted octanol–water partition coefficient (Wildman–Crippen LogP) is 12.7. The molecule has 11 atom stereocenters. The van der Waals surface area contributed by atoms with Gasteiger partial charge in [-0.3, -0.25) is 4.79 Å². The average Bonchev–Trinajstić information content (AvgIpc) is 3.46. The Morgan fingerprint density at radius 2 is 0.795 bits per heavy atom. The van der Waals surface area contributed by atoms with Crippen LogP contribution in [0.4, 0.5) is 0 Å². The molecule has 0 amide bonds. The lowest BCUT2D eigenvalue weighted by Gasteiger charge is -2.42. The number of ether oxygens (including phenoxy) is 6. The number of esters is 1. The smallest absolute Gasteiger partial charge is 0.306 e. The molecule has 2 heterocycles. The maximum absolute atomic E-state index is 13.1. The lowest BCUT2D eigenvalue weighted by Crippen LogP contribution is -2.61. The molecule has 0 aromatic rings. The van der Waals surface area contributed by atoms with Gasteiger partial charge in [-0.05, 0) is 44.9 Å². The minimum atomic E-state index is -1.71. The van der Waals surface area contributed by atoms with Crippen LogP contribution in [0.5, 0.6) is 0 Å². The zero-order valence-electron chi connectivity index (χ0n) is 49.7. The Labute approximate surface area is 475 Å². The van der Waals surface area contributed by atoms with E-state index in [0.717, 1.165) is 51.4 Å². The van der Waals surface area contributed by atoms with E-state index >= 15 is 0 Å². The van der Waals surface area contributed by atoms with Crippen LogP contribution in [0.25, 0.3) is 0 Å². The molecule has 0 spiro atoms. The Hall–Kier alpha value is -1.53. The highest BCUT2D eigenvalue weighted by atomic mass is 16.7. The SMILES string of the molecule is CCCCCC/C=C\C/C=C\CCCCCCCCCCOCC(COC1OC(COC2OC(CO)C(O)C(O)C2O)C(O)C(O)C1O)OC(=O)CCCCCCCCCCCCCCCCCCCCCCCCCCC. The van der Waals surface area contributed by atoms with Crippen molar-refractivity contribution in [3.63, 3.8) is 0 Å². The van der Waals surface area contributed by atoms with Crippen LogP contribution in [0.2, 0.25) is 0 Å². The van der Waals surface area contributed by atoms with Gasteiger partial charge in [0.05, 0.1) is 26.4 Å². The Balaban J connectivity index is 1.66. The normalized spacial score (nSPS) is 24.2. The van der Waals surface area contributed by atoms with Gasteiger partial charge in [0.15, 0.2) is 12.6 Å². The third kappa shape index (κ3) is 36.8. The Morgan fingerprint density at radius 1 is 0.423 bits per heavy atom. The van der Waals surface area contributed by atoms with Gasteiger partial charge in [-0.15, -0.1) is 0 Å². The van der Waals surface area contributed by atoms with Crippen LogP contribution in [-0.4, -0.2) is 142 Å². The van der Waals surface area contributed by atoms with Gasteiger partial charge in [0.1, 0.15) is 54.9 Å². The predicted molar refractivity (Wildman–Crippen MR) is 312 cm³/mol. The van der Waals surface area contributed by atoms with Crippen molar-refractivity contribution in [2.75, 3.05) is 33.0 Å². The summed E-state index contributed by atoms with van der Waals surface area (Å²) >= 11 is 0. The monoisotopic (exact) mass is 1110 g/mol. The van der Waals surface area contributed by atoms with Crippen molar-refractivity contribution in [3.8, 4) is 0 Å². The van der Waals surface area contributed by atoms with E-state index in [9.17, 15) is 40.5 Å². The van der Waals surface area contributed by atoms with E-state index in [1.807, 2.05) is 0 Å². The second-order valence-corrected chi connectivity index (χ2v) is 22.9. The topological polar surface area (TPSA) is 214 Å². The van der Waals surface area contributed by atoms with Crippen LogP contribution in [-0.2, 0) is 33.2 Å². The summed E-state index contributed by atoms with van der Waals surface area (Å²) in [6, 6.07) is 0. The molecule has 14 heteroatoms. The second-order valence-electron chi connectivity index (χ2n) is 22.9. The van der Waals surface area contributed by atoms with Gasteiger partial charge in [0.25, 0.3) is 0 Å². The van der Waals surface area contributed by atoms with E-state index in [0.29, 0.717) is 13.0 Å². The Kier molecular flexibility index (Phi) is 47.6. The van der Waals surface area contributed by atoms with Crippen LogP contribution in [0.1, 0.15) is 277 Å². The second kappa shape index (κ2) is 51.1. The molecule has 460 valence electrons. The molecule has 0 radical (unpaired) electrons. The van der Waals surface area contributed by atoms with Crippen molar-refractivity contribution in [2.24, 2.45) is 0 Å². The van der Waals surface area contributed by atoms with E-state index in [4.69, 9.17) is 28.4 Å². The minimum absolute atomic E-state index is 0.0621. The van der Waals surface area contributed by atoms with E-state index in [1.165, 1.54) is 199 Å². The van der Waals surface area contributed by atoms with Gasteiger partial charge >= 0.3 is 5.97 Å². The number of rotatable bonds is 54. The van der Waals surface area contributed by atoms with Gasteiger partial charge in [0.2, 0.25) is 0 Å². The molecule has 2 rings (SSSR count). The summed E-state index contributed by atoms with van der Waals surface area (Å²) in [6.45, 7) is 3.72. The fourth-order valence-corrected chi connectivity index (χ4v) is 10.5. The first-order valence-corrected chi connectivity index (χ1v) is 32.4. The molecule has 0 aromatic heterocycles. The minimum Gasteiger partial charge on any atom is -0.457 e. The number of hydrogen-bond acceptors (Lipinski definition) is 14. The lowest BCUT2D eigenvalue weighted by atomic mass is 9.98. The maximum atomic E-state index is 13.1. The van der Waals surface area contributed by atoms with Crippen molar-refractivity contribution < 1.29 is 69.0 Å². The highest BCUT2D eigenvalue weighted by Gasteiger charge is 2.47. The maximum Gasteiger partial charge on any atom is 0.306 e. The molecule has 0 saturated carbocycles. The first kappa shape index (κ1) is 72.6. The molecule has 0 aromatic carbocycles. The van der Waals surface area contributed by atoms with E-state index in [2.05, 4.69) is 38.2 Å². The summed E-state index contributed by atoms with van der Waals surface area (Å²) in [6.07, 6.45) is 43.9. The molecule has 2 aliphatic rings. The number of allylic oxidation sites excluding steroid dienone is 4. The van der Waals surface area contributed by atoms with Gasteiger partial charge in [-0.25, -0.2) is 0 Å². The molecular weight excluding hydrogens is 993 g/mol.